The molecular weight excluding hydrogens is 587 g/mol. The minimum Gasteiger partial charge on any atom is -0.454 e. The van der Waals surface area contributed by atoms with E-state index in [1.807, 2.05) is 0 Å². The number of ether oxygens (including phenoxy) is 2. The number of fused-ring (bicyclic) bond motifs is 2. The molecule has 3 aliphatic heterocycles. The monoisotopic (exact) mass is 613 g/mol. The van der Waals surface area contributed by atoms with Gasteiger partial charge in [0.25, 0.3) is 17.4 Å². The lowest BCUT2D eigenvalue weighted by Crippen LogP contribution is -2.71. The van der Waals surface area contributed by atoms with Crippen LogP contribution in [0.5, 0.6) is 11.5 Å². The summed E-state index contributed by atoms with van der Waals surface area (Å²) in [5, 5.41) is -0.793. The number of likely N-dealkylation sites (N-methyl/N-ethyl adjacent to an activating group) is 1. The molecule has 9 nitrogen and oxygen atoms in total. The molecule has 6 rings (SSSR count). The van der Waals surface area contributed by atoms with Crippen LogP contribution in [0.3, 0.4) is 0 Å². The van der Waals surface area contributed by atoms with Gasteiger partial charge in [-0.05, 0) is 48.1 Å². The number of amides is 2. The van der Waals surface area contributed by atoms with Crippen molar-refractivity contribution < 1.29 is 28.7 Å². The summed E-state index contributed by atoms with van der Waals surface area (Å²) >= 11 is 1.49. The molecule has 0 N–H and O–H groups in total. The van der Waals surface area contributed by atoms with Gasteiger partial charge in [0.15, 0.2) is 21.2 Å². The van der Waals surface area contributed by atoms with Gasteiger partial charge in [0, 0.05) is 25.1 Å². The first-order chi connectivity index (χ1) is 20.5. The Hall–Kier alpha value is -4.27. The molecule has 3 heterocycles. The standard InChI is InChI=1S/C32H27N3O6S2/c1-30(33-3)18-32(43-27(37)21-13-9-6-10-14-21)29(39)34(4)31(2,42-26(36)20-11-7-5-8-12-20)28(38)35(32)25(30)22-15-16-23-24(17-22)41-19-40-23/h5-17,25H,18-19H2,1-2,4H3/t25-,30-,31-,32-/m0/s1. The second-order valence-corrected chi connectivity index (χ2v) is 13.6. The maximum absolute atomic E-state index is 14.9. The van der Waals surface area contributed by atoms with Crippen LogP contribution < -0.4 is 9.47 Å². The van der Waals surface area contributed by atoms with Gasteiger partial charge in [0.1, 0.15) is 6.04 Å². The third kappa shape index (κ3) is 4.48. The van der Waals surface area contributed by atoms with E-state index in [1.165, 1.54) is 23.8 Å². The van der Waals surface area contributed by atoms with Crippen LogP contribution in [0, 0.1) is 6.57 Å². The Balaban J connectivity index is 1.51. The van der Waals surface area contributed by atoms with Gasteiger partial charge in [-0.25, -0.2) is 6.57 Å². The highest BCUT2D eigenvalue weighted by molar-refractivity contribution is 8.16. The minimum atomic E-state index is -1.74. The summed E-state index contributed by atoms with van der Waals surface area (Å²) in [5.41, 5.74) is 0.00329. The first-order valence-corrected chi connectivity index (χ1v) is 15.1. The molecule has 0 unspecified atom stereocenters. The van der Waals surface area contributed by atoms with E-state index in [2.05, 4.69) is 4.85 Å². The van der Waals surface area contributed by atoms with Crippen molar-refractivity contribution in [3.63, 3.8) is 0 Å². The van der Waals surface area contributed by atoms with Crippen molar-refractivity contribution >= 4 is 45.6 Å². The Morgan fingerprint density at radius 2 is 1.44 bits per heavy atom. The first kappa shape index (κ1) is 28.8. The molecule has 3 aromatic carbocycles. The largest absolute Gasteiger partial charge is 0.454 e. The third-order valence-electron chi connectivity index (χ3n) is 8.27. The molecule has 11 heteroatoms. The van der Waals surface area contributed by atoms with Gasteiger partial charge in [0.2, 0.25) is 17.0 Å². The third-order valence-corrected chi connectivity index (χ3v) is 10.8. The number of thioether (sulfide) groups is 2. The molecule has 218 valence electrons. The molecule has 0 aliphatic carbocycles. The lowest BCUT2D eigenvalue weighted by molar-refractivity contribution is -0.163. The van der Waals surface area contributed by atoms with E-state index in [4.69, 9.17) is 16.0 Å². The molecule has 3 aromatic rings. The zero-order valence-corrected chi connectivity index (χ0v) is 25.2. The highest BCUT2D eigenvalue weighted by Crippen LogP contribution is 2.61. The van der Waals surface area contributed by atoms with E-state index in [1.54, 1.807) is 85.8 Å². The van der Waals surface area contributed by atoms with Gasteiger partial charge in [-0.15, -0.1) is 0 Å². The maximum Gasteiger partial charge on any atom is 0.261 e. The van der Waals surface area contributed by atoms with Crippen molar-refractivity contribution in [2.24, 2.45) is 0 Å². The maximum atomic E-state index is 14.9. The number of nitrogens with zero attached hydrogens (tertiary/aromatic N) is 3. The summed E-state index contributed by atoms with van der Waals surface area (Å²) in [6.45, 7) is 11.5. The van der Waals surface area contributed by atoms with Gasteiger partial charge in [0.05, 0.1) is 6.42 Å². The lowest BCUT2D eigenvalue weighted by Gasteiger charge is -2.52. The van der Waals surface area contributed by atoms with E-state index in [-0.39, 0.29) is 18.3 Å². The number of carbonyl (C=O) groups is 4. The van der Waals surface area contributed by atoms with E-state index in [0.717, 1.165) is 23.5 Å². The molecule has 0 radical (unpaired) electrons. The Labute approximate surface area is 257 Å². The van der Waals surface area contributed by atoms with Crippen LogP contribution in [-0.2, 0) is 9.59 Å². The fourth-order valence-corrected chi connectivity index (χ4v) is 8.43. The number of piperazine rings is 1. The van der Waals surface area contributed by atoms with Crippen molar-refractivity contribution in [3.05, 3.63) is 107 Å². The molecule has 2 fully saturated rings. The van der Waals surface area contributed by atoms with Gasteiger partial charge in [-0.2, -0.15) is 0 Å². The van der Waals surface area contributed by atoms with Crippen molar-refractivity contribution in [2.45, 2.75) is 41.6 Å². The summed E-state index contributed by atoms with van der Waals surface area (Å²) in [6.07, 6.45) is -0.103. The number of hydrogen-bond donors (Lipinski definition) is 0. The zero-order valence-electron chi connectivity index (χ0n) is 23.6. The average molecular weight is 614 g/mol. The summed E-state index contributed by atoms with van der Waals surface area (Å²) in [5.74, 6) is -0.0944. The van der Waals surface area contributed by atoms with Crippen LogP contribution in [0.25, 0.3) is 4.85 Å². The molecule has 2 amide bonds. The predicted octanol–water partition coefficient (Wildman–Crippen LogP) is 5.40. The van der Waals surface area contributed by atoms with Crippen LogP contribution in [0.4, 0.5) is 0 Å². The van der Waals surface area contributed by atoms with Crippen molar-refractivity contribution in [2.75, 3.05) is 13.8 Å². The van der Waals surface area contributed by atoms with Crippen LogP contribution >= 0.6 is 23.5 Å². The quantitative estimate of drug-likeness (QED) is 0.353. The van der Waals surface area contributed by atoms with Crippen LogP contribution in [0.2, 0.25) is 0 Å². The number of benzene rings is 3. The van der Waals surface area contributed by atoms with Gasteiger partial charge in [-0.3, -0.25) is 19.2 Å². The molecular formula is C32H27N3O6S2. The highest BCUT2D eigenvalue weighted by Gasteiger charge is 2.74. The summed E-state index contributed by atoms with van der Waals surface area (Å²) < 4.78 is 11.1. The molecule has 0 bridgehead atoms. The molecule has 4 atom stereocenters. The van der Waals surface area contributed by atoms with E-state index in [0.29, 0.717) is 28.2 Å². The molecule has 43 heavy (non-hydrogen) atoms. The number of hydrogen-bond acceptors (Lipinski definition) is 8. The topological polar surface area (TPSA) is 97.6 Å². The highest BCUT2D eigenvalue weighted by atomic mass is 32.2. The lowest BCUT2D eigenvalue weighted by atomic mass is 9.87. The summed E-state index contributed by atoms with van der Waals surface area (Å²) in [7, 11) is 1.47. The van der Waals surface area contributed by atoms with Crippen LogP contribution in [0.15, 0.2) is 78.9 Å². The van der Waals surface area contributed by atoms with Crippen LogP contribution in [-0.4, -0.2) is 61.0 Å². The molecule has 3 aliphatic rings. The van der Waals surface area contributed by atoms with Crippen molar-refractivity contribution in [1.29, 1.82) is 0 Å². The molecule has 2 saturated heterocycles. The fourth-order valence-electron chi connectivity index (χ4n) is 5.97. The van der Waals surface area contributed by atoms with Crippen molar-refractivity contribution in [1.82, 2.24) is 9.80 Å². The fraction of sp³-hybridized carbons (Fsp3) is 0.281. The van der Waals surface area contributed by atoms with Gasteiger partial charge >= 0.3 is 0 Å². The second kappa shape index (κ2) is 10.5. The normalized spacial score (nSPS) is 27.5. The second-order valence-electron chi connectivity index (χ2n) is 11.0. The Morgan fingerprint density at radius 3 is 2.05 bits per heavy atom. The smallest absolute Gasteiger partial charge is 0.261 e. The predicted molar refractivity (Wildman–Crippen MR) is 162 cm³/mol. The van der Waals surface area contributed by atoms with E-state index < -0.39 is 38.3 Å². The first-order valence-electron chi connectivity index (χ1n) is 13.5. The zero-order chi connectivity index (χ0) is 30.6. The van der Waals surface area contributed by atoms with E-state index in [9.17, 15) is 19.2 Å². The van der Waals surface area contributed by atoms with Gasteiger partial charge < -0.3 is 24.1 Å². The molecule has 0 saturated carbocycles. The molecule has 0 spiro atoms. The Kier molecular flexibility index (Phi) is 7.02. The Bertz CT molecular complexity index is 1700. The van der Waals surface area contributed by atoms with Gasteiger partial charge in [-0.1, -0.05) is 66.7 Å². The SMILES string of the molecule is [C-]#[N+][C@@]1(C)C[C@]2(SC(=O)c3ccccc3)C(=O)N(C)[C@@](C)(SC(=O)c3ccccc3)C(=O)N2[C@H]1c1ccc2c(c1)OCO2. The van der Waals surface area contributed by atoms with Crippen molar-refractivity contribution in [3.8, 4) is 11.5 Å². The minimum absolute atomic E-state index is 0.0388. The molecule has 0 aromatic heterocycles. The summed E-state index contributed by atoms with van der Waals surface area (Å²) in [4.78, 5) is 59.9. The Morgan fingerprint density at radius 1 is 0.860 bits per heavy atom. The summed E-state index contributed by atoms with van der Waals surface area (Å²) in [6, 6.07) is 21.3. The van der Waals surface area contributed by atoms with Crippen LogP contribution in [0.1, 0.15) is 52.6 Å². The van der Waals surface area contributed by atoms with E-state index >= 15 is 0 Å². The number of rotatable bonds is 5. The number of carbonyl (C=O) groups excluding carboxylic acids is 4. The average Bonchev–Trinajstić information content (AvgIpc) is 3.60.